The van der Waals surface area contributed by atoms with Crippen molar-refractivity contribution in [2.24, 2.45) is 11.7 Å². The van der Waals surface area contributed by atoms with E-state index in [2.05, 4.69) is 38.8 Å². The van der Waals surface area contributed by atoms with E-state index in [1.165, 1.54) is 0 Å². The first-order chi connectivity index (χ1) is 8.47. The van der Waals surface area contributed by atoms with Gasteiger partial charge in [0.15, 0.2) is 0 Å². The van der Waals surface area contributed by atoms with Gasteiger partial charge in [-0.3, -0.25) is 4.90 Å². The molecule has 2 atom stereocenters. The minimum atomic E-state index is 0.187. The normalized spacial score (nSPS) is 15.1. The molecule has 0 aliphatic heterocycles. The van der Waals surface area contributed by atoms with Crippen LogP contribution < -0.4 is 5.73 Å². The molecule has 0 radical (unpaired) electrons. The van der Waals surface area contributed by atoms with Gasteiger partial charge in [0.05, 0.1) is 0 Å². The Balaban J connectivity index is 2.86. The molecule has 18 heavy (non-hydrogen) atoms. The van der Waals surface area contributed by atoms with Gasteiger partial charge in [0.25, 0.3) is 0 Å². The van der Waals surface area contributed by atoms with Crippen molar-refractivity contribution in [3.8, 4) is 0 Å². The van der Waals surface area contributed by atoms with E-state index in [9.17, 15) is 0 Å². The van der Waals surface area contributed by atoms with E-state index in [0.29, 0.717) is 18.5 Å². The molecule has 2 unspecified atom stereocenters. The summed E-state index contributed by atoms with van der Waals surface area (Å²) in [5.74, 6) is 0.687. The maximum atomic E-state index is 6.27. The molecule has 0 saturated carbocycles. The Kier molecular flexibility index (Phi) is 6.13. The van der Waals surface area contributed by atoms with Crippen LogP contribution in [-0.4, -0.2) is 24.5 Å². The third kappa shape index (κ3) is 3.98. The molecule has 3 heteroatoms. The topological polar surface area (TPSA) is 29.3 Å². The van der Waals surface area contributed by atoms with Crippen LogP contribution in [0.2, 0.25) is 5.02 Å². The van der Waals surface area contributed by atoms with Crippen LogP contribution >= 0.6 is 11.6 Å². The van der Waals surface area contributed by atoms with Gasteiger partial charge in [-0.15, -0.1) is 0 Å². The van der Waals surface area contributed by atoms with Gasteiger partial charge >= 0.3 is 0 Å². The number of benzene rings is 1. The van der Waals surface area contributed by atoms with Crippen LogP contribution in [0.3, 0.4) is 0 Å². The maximum Gasteiger partial charge on any atom is 0.0484 e. The highest BCUT2D eigenvalue weighted by atomic mass is 35.5. The molecule has 0 amide bonds. The molecule has 2 N–H and O–H groups in total. The van der Waals surface area contributed by atoms with Gasteiger partial charge in [0, 0.05) is 23.7 Å². The lowest BCUT2D eigenvalue weighted by molar-refractivity contribution is 0.169. The summed E-state index contributed by atoms with van der Waals surface area (Å²) in [4.78, 5) is 2.33. The van der Waals surface area contributed by atoms with E-state index in [1.54, 1.807) is 0 Å². The lowest BCUT2D eigenvalue weighted by atomic mass is 9.99. The second-order valence-corrected chi connectivity index (χ2v) is 5.82. The van der Waals surface area contributed by atoms with Crippen molar-refractivity contribution in [3.63, 3.8) is 0 Å². The first kappa shape index (κ1) is 15.5. The van der Waals surface area contributed by atoms with Crippen molar-refractivity contribution in [1.29, 1.82) is 0 Å². The summed E-state index contributed by atoms with van der Waals surface area (Å²) < 4.78 is 0. The van der Waals surface area contributed by atoms with Gasteiger partial charge in [0.1, 0.15) is 0 Å². The van der Waals surface area contributed by atoms with Crippen molar-refractivity contribution >= 4 is 11.6 Å². The molecular weight excluding hydrogens is 244 g/mol. The lowest BCUT2D eigenvalue weighted by Crippen LogP contribution is -2.37. The summed E-state index contributed by atoms with van der Waals surface area (Å²) in [6.07, 6.45) is 1.16. The van der Waals surface area contributed by atoms with Crippen LogP contribution in [0, 0.1) is 5.92 Å². The highest BCUT2D eigenvalue weighted by Crippen LogP contribution is 2.28. The Labute approximate surface area is 116 Å². The van der Waals surface area contributed by atoms with Crippen molar-refractivity contribution in [1.82, 2.24) is 4.90 Å². The van der Waals surface area contributed by atoms with Gasteiger partial charge < -0.3 is 5.73 Å². The molecule has 0 aliphatic carbocycles. The molecule has 0 fully saturated rings. The summed E-state index contributed by atoms with van der Waals surface area (Å²) in [6, 6.07) is 8.66. The van der Waals surface area contributed by atoms with Crippen molar-refractivity contribution in [3.05, 3.63) is 34.9 Å². The molecular formula is C15H25ClN2. The fourth-order valence-electron chi connectivity index (χ4n) is 2.41. The van der Waals surface area contributed by atoms with Crippen LogP contribution in [0.5, 0.6) is 0 Å². The molecule has 0 spiro atoms. The Morgan fingerprint density at radius 2 is 1.83 bits per heavy atom. The number of hydrogen-bond donors (Lipinski definition) is 1. The lowest BCUT2D eigenvalue weighted by Gasteiger charge is -2.34. The monoisotopic (exact) mass is 268 g/mol. The second kappa shape index (κ2) is 7.13. The SMILES string of the molecule is CC(C)CC(C)N(C)C(CN)c1ccccc1Cl. The highest BCUT2D eigenvalue weighted by Gasteiger charge is 2.22. The van der Waals surface area contributed by atoms with E-state index < -0.39 is 0 Å². The first-order valence-corrected chi connectivity index (χ1v) is 7.01. The first-order valence-electron chi connectivity index (χ1n) is 6.63. The van der Waals surface area contributed by atoms with Gasteiger partial charge in [0.2, 0.25) is 0 Å². The maximum absolute atomic E-state index is 6.27. The van der Waals surface area contributed by atoms with Crippen LogP contribution in [0.25, 0.3) is 0 Å². The molecule has 1 aromatic rings. The molecule has 102 valence electrons. The van der Waals surface area contributed by atoms with E-state index >= 15 is 0 Å². The number of hydrogen-bond acceptors (Lipinski definition) is 2. The Bertz CT molecular complexity index is 365. The van der Waals surface area contributed by atoms with Crippen molar-refractivity contribution < 1.29 is 0 Å². The Morgan fingerprint density at radius 3 is 2.33 bits per heavy atom. The molecule has 0 saturated heterocycles. The van der Waals surface area contributed by atoms with Gasteiger partial charge in [-0.1, -0.05) is 43.6 Å². The number of nitrogens with two attached hydrogens (primary N) is 1. The number of nitrogens with zero attached hydrogens (tertiary/aromatic N) is 1. The molecule has 2 nitrogen and oxygen atoms in total. The summed E-state index contributed by atoms with van der Waals surface area (Å²) in [5.41, 5.74) is 7.07. The zero-order valence-corrected chi connectivity index (χ0v) is 12.6. The van der Waals surface area contributed by atoms with Crippen molar-refractivity contribution in [2.45, 2.75) is 39.3 Å². The quantitative estimate of drug-likeness (QED) is 0.852. The summed E-state index contributed by atoms with van der Waals surface area (Å²) in [6.45, 7) is 7.33. The van der Waals surface area contributed by atoms with E-state index in [4.69, 9.17) is 17.3 Å². The third-order valence-electron chi connectivity index (χ3n) is 3.49. The molecule has 1 aromatic carbocycles. The minimum Gasteiger partial charge on any atom is -0.329 e. The van der Waals surface area contributed by atoms with Gasteiger partial charge in [-0.05, 0) is 37.9 Å². The predicted octanol–water partition coefficient (Wildman–Crippen LogP) is 3.71. The average molecular weight is 269 g/mol. The van der Waals surface area contributed by atoms with E-state index in [1.807, 2.05) is 18.2 Å². The fourth-order valence-corrected chi connectivity index (χ4v) is 2.68. The molecule has 1 rings (SSSR count). The minimum absolute atomic E-state index is 0.187. The number of rotatable bonds is 6. The molecule has 0 heterocycles. The predicted molar refractivity (Wildman–Crippen MR) is 79.9 cm³/mol. The number of likely N-dealkylation sites (N-methyl/N-ethyl adjacent to an activating group) is 1. The van der Waals surface area contributed by atoms with E-state index in [0.717, 1.165) is 17.0 Å². The standard InChI is InChI=1S/C15H25ClN2/c1-11(2)9-12(3)18(4)15(10-17)13-7-5-6-8-14(13)16/h5-8,11-12,15H,9-10,17H2,1-4H3. The van der Waals surface area contributed by atoms with Gasteiger partial charge in [-0.2, -0.15) is 0 Å². The highest BCUT2D eigenvalue weighted by molar-refractivity contribution is 6.31. The fraction of sp³-hybridized carbons (Fsp3) is 0.600. The zero-order valence-electron chi connectivity index (χ0n) is 11.9. The Morgan fingerprint density at radius 1 is 1.22 bits per heavy atom. The largest absolute Gasteiger partial charge is 0.329 e. The van der Waals surface area contributed by atoms with E-state index in [-0.39, 0.29) is 6.04 Å². The smallest absolute Gasteiger partial charge is 0.0484 e. The second-order valence-electron chi connectivity index (χ2n) is 5.42. The molecule has 0 aliphatic rings. The van der Waals surface area contributed by atoms with Crippen LogP contribution in [0.1, 0.15) is 38.8 Å². The summed E-state index contributed by atoms with van der Waals surface area (Å²) in [5, 5.41) is 0.802. The van der Waals surface area contributed by atoms with Crippen LogP contribution in [-0.2, 0) is 0 Å². The van der Waals surface area contributed by atoms with Crippen molar-refractivity contribution in [2.75, 3.05) is 13.6 Å². The van der Waals surface area contributed by atoms with Gasteiger partial charge in [-0.25, -0.2) is 0 Å². The third-order valence-corrected chi connectivity index (χ3v) is 3.83. The number of halogens is 1. The zero-order chi connectivity index (χ0) is 13.7. The van der Waals surface area contributed by atoms with Crippen LogP contribution in [0.4, 0.5) is 0 Å². The summed E-state index contributed by atoms with van der Waals surface area (Å²) in [7, 11) is 2.13. The molecule has 0 bridgehead atoms. The van der Waals surface area contributed by atoms with Crippen LogP contribution in [0.15, 0.2) is 24.3 Å². The summed E-state index contributed by atoms with van der Waals surface area (Å²) >= 11 is 6.27. The Hall–Kier alpha value is -0.570. The average Bonchev–Trinajstić information content (AvgIpc) is 2.31. The molecule has 0 aromatic heterocycles.